The smallest absolute Gasteiger partial charge is 0.211 e. The fraction of sp³-hybridized carbons (Fsp3) is 0. The van der Waals surface area contributed by atoms with E-state index in [2.05, 4.69) is 6.07 Å². The van der Waals surface area contributed by atoms with Gasteiger partial charge in [0.25, 0.3) is 0 Å². The minimum Gasteiger partial charge on any atom is -0.396 e. The largest absolute Gasteiger partial charge is 0.396 e. The lowest BCUT2D eigenvalue weighted by Gasteiger charge is -2.13. The number of para-hydroxylation sites is 1. The van der Waals surface area contributed by atoms with E-state index in [0.717, 1.165) is 10.6 Å². The molecular weight excluding hydrogens is 378 g/mol. The van der Waals surface area contributed by atoms with Crippen LogP contribution in [-0.4, -0.2) is 10.4 Å². The molecule has 0 aliphatic heterocycles. The number of anilines is 1. The van der Waals surface area contributed by atoms with Gasteiger partial charge in [0.05, 0.1) is 5.69 Å². The van der Waals surface area contributed by atoms with E-state index >= 15 is 0 Å². The van der Waals surface area contributed by atoms with Crippen LogP contribution in [0.4, 0.5) is 5.69 Å². The molecule has 0 radical (unpaired) electrons. The molecule has 1 aromatic heterocycles. The van der Waals surface area contributed by atoms with Gasteiger partial charge in [0.1, 0.15) is 22.4 Å². The number of nitrogens with two attached hydrogens (primary N) is 1. The topological polar surface area (TPSA) is 71.8 Å². The Morgan fingerprint density at radius 3 is 2.00 bits per heavy atom. The lowest BCUT2D eigenvalue weighted by Crippen LogP contribution is -2.11. The molecule has 4 rings (SSSR count). The van der Waals surface area contributed by atoms with Crippen molar-refractivity contribution in [3.05, 3.63) is 108 Å². The Balaban J connectivity index is 1.98. The second-order valence-electron chi connectivity index (χ2n) is 6.34. The van der Waals surface area contributed by atoms with Crippen molar-refractivity contribution in [1.29, 1.82) is 5.26 Å². The maximum atomic E-state index is 13.4. The number of nitriles is 1. The summed E-state index contributed by atoms with van der Waals surface area (Å²) in [6, 6.07) is 30.4. The van der Waals surface area contributed by atoms with E-state index in [1.54, 1.807) is 16.7 Å². The van der Waals surface area contributed by atoms with E-state index in [9.17, 15) is 10.1 Å². The lowest BCUT2D eigenvalue weighted by atomic mass is 10.1. The fourth-order valence-corrected chi connectivity index (χ4v) is 4.21. The van der Waals surface area contributed by atoms with Crippen LogP contribution < -0.4 is 5.73 Å². The molecule has 0 bridgehead atoms. The molecule has 0 atom stereocenters. The van der Waals surface area contributed by atoms with E-state index < -0.39 is 0 Å². The number of nitrogens with zero attached hydrogens (tertiary/aromatic N) is 2. The number of aromatic nitrogens is 1. The number of nitrogen functional groups attached to an aromatic ring is 1. The van der Waals surface area contributed by atoms with E-state index in [1.807, 2.05) is 78.9 Å². The van der Waals surface area contributed by atoms with Crippen molar-refractivity contribution in [2.45, 2.75) is 9.92 Å². The lowest BCUT2D eigenvalue weighted by molar-refractivity contribution is 0.103. The highest BCUT2D eigenvalue weighted by atomic mass is 32.2. The first-order valence-corrected chi connectivity index (χ1v) is 9.84. The van der Waals surface area contributed by atoms with Crippen molar-refractivity contribution < 1.29 is 4.79 Å². The summed E-state index contributed by atoms with van der Waals surface area (Å²) in [7, 11) is 0. The third kappa shape index (κ3) is 3.54. The summed E-state index contributed by atoms with van der Waals surface area (Å²) in [6.07, 6.45) is 0. The predicted octanol–water partition coefficient (Wildman–Crippen LogP) is 5.31. The Bertz CT molecular complexity index is 1190. The van der Waals surface area contributed by atoms with Gasteiger partial charge in [-0.15, -0.1) is 0 Å². The highest BCUT2D eigenvalue weighted by Gasteiger charge is 2.28. The fourth-order valence-electron chi connectivity index (χ4n) is 3.15. The standard InChI is InChI=1S/C24H17N3OS/c25-16-20-21(26)22(23(28)17-10-4-1-5-11-17)27(18-12-6-2-7-13-18)24(20)29-19-14-8-3-9-15-19/h1-15H,26H2. The molecule has 0 unspecified atom stereocenters. The Morgan fingerprint density at radius 1 is 0.862 bits per heavy atom. The molecule has 0 saturated heterocycles. The Hall–Kier alpha value is -3.75. The van der Waals surface area contributed by atoms with Crippen LogP contribution in [0.15, 0.2) is 101 Å². The van der Waals surface area contributed by atoms with E-state index in [4.69, 9.17) is 5.73 Å². The summed E-state index contributed by atoms with van der Waals surface area (Å²) < 4.78 is 1.79. The number of carbonyl (C=O) groups excluding carboxylic acids is 1. The first-order valence-electron chi connectivity index (χ1n) is 9.03. The van der Waals surface area contributed by atoms with Gasteiger partial charge in [0.2, 0.25) is 5.78 Å². The monoisotopic (exact) mass is 395 g/mol. The molecule has 0 saturated carbocycles. The third-order valence-corrected chi connectivity index (χ3v) is 5.59. The second kappa shape index (κ2) is 8.09. The van der Waals surface area contributed by atoms with Crippen LogP contribution in [0.1, 0.15) is 21.6 Å². The maximum Gasteiger partial charge on any atom is 0.211 e. The summed E-state index contributed by atoms with van der Waals surface area (Å²) in [4.78, 5) is 14.3. The Morgan fingerprint density at radius 2 is 1.41 bits per heavy atom. The molecule has 4 nitrogen and oxygen atoms in total. The number of hydrogen-bond donors (Lipinski definition) is 1. The minimum atomic E-state index is -0.219. The molecule has 1 heterocycles. The molecule has 5 heteroatoms. The molecule has 2 N–H and O–H groups in total. The number of ketones is 1. The zero-order chi connectivity index (χ0) is 20.2. The molecule has 0 aliphatic carbocycles. The number of benzene rings is 3. The molecule has 3 aromatic carbocycles. The van der Waals surface area contributed by atoms with Crippen LogP contribution >= 0.6 is 11.8 Å². The van der Waals surface area contributed by atoms with E-state index in [1.165, 1.54) is 11.8 Å². The number of hydrogen-bond acceptors (Lipinski definition) is 4. The van der Waals surface area contributed by atoms with E-state index in [-0.39, 0.29) is 11.5 Å². The molecule has 0 fully saturated rings. The van der Waals surface area contributed by atoms with E-state index in [0.29, 0.717) is 21.8 Å². The first-order chi connectivity index (χ1) is 14.2. The SMILES string of the molecule is N#Cc1c(N)c(C(=O)c2ccccc2)n(-c2ccccc2)c1Sc1ccccc1. The summed E-state index contributed by atoms with van der Waals surface area (Å²) >= 11 is 1.42. The second-order valence-corrected chi connectivity index (χ2v) is 7.40. The highest BCUT2D eigenvalue weighted by Crippen LogP contribution is 2.39. The van der Waals surface area contributed by atoms with Gasteiger partial charge in [-0.3, -0.25) is 9.36 Å². The maximum absolute atomic E-state index is 13.4. The molecule has 4 aromatic rings. The summed E-state index contributed by atoms with van der Waals surface area (Å²) in [5.41, 5.74) is 8.47. The highest BCUT2D eigenvalue weighted by molar-refractivity contribution is 7.99. The van der Waals surface area contributed by atoms with Crippen LogP contribution in [0.2, 0.25) is 0 Å². The average Bonchev–Trinajstić information content (AvgIpc) is 3.06. The number of rotatable bonds is 5. The van der Waals surface area contributed by atoms with Crippen LogP contribution in [0.5, 0.6) is 0 Å². The van der Waals surface area contributed by atoms with Crippen molar-refractivity contribution in [3.63, 3.8) is 0 Å². The van der Waals surface area contributed by atoms with Gasteiger partial charge in [-0.05, 0) is 24.3 Å². The van der Waals surface area contributed by atoms with Crippen molar-refractivity contribution in [1.82, 2.24) is 4.57 Å². The molecule has 0 aliphatic rings. The van der Waals surface area contributed by atoms with Crippen LogP contribution in [0, 0.1) is 11.3 Å². The van der Waals surface area contributed by atoms with Gasteiger partial charge in [-0.1, -0.05) is 78.5 Å². The van der Waals surface area contributed by atoms with Gasteiger partial charge in [0.15, 0.2) is 0 Å². The van der Waals surface area contributed by atoms with Crippen LogP contribution in [-0.2, 0) is 0 Å². The van der Waals surface area contributed by atoms with Gasteiger partial charge in [-0.2, -0.15) is 5.26 Å². The first kappa shape index (κ1) is 18.6. The zero-order valence-corrected chi connectivity index (χ0v) is 16.3. The normalized spacial score (nSPS) is 10.4. The molecule has 0 spiro atoms. The summed E-state index contributed by atoms with van der Waals surface area (Å²) in [6.45, 7) is 0. The van der Waals surface area contributed by atoms with Gasteiger partial charge in [0, 0.05) is 16.1 Å². The Kier molecular flexibility index (Phi) is 5.19. The quantitative estimate of drug-likeness (QED) is 0.465. The summed E-state index contributed by atoms with van der Waals surface area (Å²) in [5, 5.41) is 10.5. The molecule has 0 amide bonds. The van der Waals surface area contributed by atoms with Crippen molar-refractivity contribution in [2.75, 3.05) is 5.73 Å². The molecule has 140 valence electrons. The van der Waals surface area contributed by atoms with Gasteiger partial charge >= 0.3 is 0 Å². The molecular formula is C24H17N3OS. The third-order valence-electron chi connectivity index (χ3n) is 4.50. The van der Waals surface area contributed by atoms with Gasteiger partial charge < -0.3 is 5.73 Å². The Labute approximate surface area is 173 Å². The van der Waals surface area contributed by atoms with Crippen LogP contribution in [0.25, 0.3) is 5.69 Å². The van der Waals surface area contributed by atoms with Crippen molar-refractivity contribution in [3.8, 4) is 11.8 Å². The van der Waals surface area contributed by atoms with Crippen LogP contribution in [0.3, 0.4) is 0 Å². The summed E-state index contributed by atoms with van der Waals surface area (Å²) in [5.74, 6) is -0.219. The predicted molar refractivity (Wildman–Crippen MR) is 115 cm³/mol. The minimum absolute atomic E-state index is 0.198. The average molecular weight is 395 g/mol. The number of carbonyl (C=O) groups is 1. The van der Waals surface area contributed by atoms with Crippen molar-refractivity contribution in [2.24, 2.45) is 0 Å². The van der Waals surface area contributed by atoms with Crippen molar-refractivity contribution >= 4 is 23.2 Å². The molecule has 29 heavy (non-hydrogen) atoms. The van der Waals surface area contributed by atoms with Gasteiger partial charge in [-0.25, -0.2) is 0 Å². The zero-order valence-electron chi connectivity index (χ0n) is 15.4.